The van der Waals surface area contributed by atoms with Crippen LogP contribution in [-0.2, 0) is 4.79 Å². The summed E-state index contributed by atoms with van der Waals surface area (Å²) in [5, 5.41) is 5.85. The lowest BCUT2D eigenvalue weighted by Gasteiger charge is -2.21. The topological polar surface area (TPSA) is 58.2 Å². The molecule has 0 aliphatic heterocycles. The third-order valence-corrected chi connectivity index (χ3v) is 5.21. The molecule has 3 aromatic rings. The highest BCUT2D eigenvalue weighted by Crippen LogP contribution is 2.23. The van der Waals surface area contributed by atoms with Crippen molar-refractivity contribution in [1.82, 2.24) is 5.32 Å². The van der Waals surface area contributed by atoms with Crippen molar-refractivity contribution in [2.45, 2.75) is 19.9 Å². The number of benzene rings is 3. The fraction of sp³-hybridized carbons (Fsp3) is 0.130. The SMILES string of the molecule is Cc1cccc(C)c1NC(=O)[C@@H](NC(=O)c1ccccc1Br)c1ccccc1. The van der Waals surface area contributed by atoms with E-state index in [-0.39, 0.29) is 11.8 Å². The molecule has 2 amide bonds. The summed E-state index contributed by atoms with van der Waals surface area (Å²) in [6, 6.07) is 21.4. The normalized spacial score (nSPS) is 11.5. The van der Waals surface area contributed by atoms with Crippen LogP contribution in [0.15, 0.2) is 77.3 Å². The minimum Gasteiger partial charge on any atom is -0.336 e. The summed E-state index contributed by atoms with van der Waals surface area (Å²) in [5.41, 5.74) is 3.90. The molecule has 5 heteroatoms. The summed E-state index contributed by atoms with van der Waals surface area (Å²) in [7, 11) is 0. The monoisotopic (exact) mass is 436 g/mol. The molecule has 1 atom stereocenters. The first kappa shape index (κ1) is 19.8. The second-order valence-corrected chi connectivity index (χ2v) is 7.41. The van der Waals surface area contributed by atoms with Crippen LogP contribution in [0.2, 0.25) is 0 Å². The zero-order valence-electron chi connectivity index (χ0n) is 15.7. The van der Waals surface area contributed by atoms with Gasteiger partial charge in [-0.1, -0.05) is 60.7 Å². The standard InChI is InChI=1S/C23H21BrN2O2/c1-15-9-8-10-16(2)20(15)25-23(28)21(17-11-4-3-5-12-17)26-22(27)18-13-6-7-14-19(18)24/h3-14,21H,1-2H3,(H,25,28)(H,26,27)/t21-/m0/s1. The van der Waals surface area contributed by atoms with Crippen molar-refractivity contribution >= 4 is 33.4 Å². The van der Waals surface area contributed by atoms with Crippen LogP contribution in [0.5, 0.6) is 0 Å². The lowest BCUT2D eigenvalue weighted by molar-refractivity contribution is -0.118. The van der Waals surface area contributed by atoms with E-state index >= 15 is 0 Å². The van der Waals surface area contributed by atoms with Crippen molar-refractivity contribution in [1.29, 1.82) is 0 Å². The van der Waals surface area contributed by atoms with Crippen LogP contribution in [0.25, 0.3) is 0 Å². The molecule has 0 fully saturated rings. The fourth-order valence-electron chi connectivity index (χ4n) is 3.01. The summed E-state index contributed by atoms with van der Waals surface area (Å²) in [5.74, 6) is -0.609. The van der Waals surface area contributed by atoms with Gasteiger partial charge in [0.1, 0.15) is 6.04 Å². The Kier molecular flexibility index (Phi) is 6.26. The average molecular weight is 437 g/mol. The van der Waals surface area contributed by atoms with Gasteiger partial charge >= 0.3 is 0 Å². The van der Waals surface area contributed by atoms with Crippen molar-refractivity contribution in [2.75, 3.05) is 5.32 Å². The van der Waals surface area contributed by atoms with Crippen LogP contribution in [0.3, 0.4) is 0 Å². The van der Waals surface area contributed by atoms with Crippen LogP contribution in [0, 0.1) is 13.8 Å². The zero-order chi connectivity index (χ0) is 20.1. The van der Waals surface area contributed by atoms with Gasteiger partial charge in [0.05, 0.1) is 5.56 Å². The number of carbonyl (C=O) groups is 2. The molecule has 2 N–H and O–H groups in total. The molecule has 0 saturated heterocycles. The first-order valence-electron chi connectivity index (χ1n) is 8.95. The van der Waals surface area contributed by atoms with Crippen LogP contribution in [-0.4, -0.2) is 11.8 Å². The molecular weight excluding hydrogens is 416 g/mol. The molecule has 0 aliphatic carbocycles. The summed E-state index contributed by atoms with van der Waals surface area (Å²) in [6.45, 7) is 3.89. The summed E-state index contributed by atoms with van der Waals surface area (Å²) >= 11 is 3.39. The maximum absolute atomic E-state index is 13.1. The molecule has 0 bridgehead atoms. The van der Waals surface area contributed by atoms with Crippen LogP contribution in [0.4, 0.5) is 5.69 Å². The lowest BCUT2D eigenvalue weighted by atomic mass is 10.0. The Morgan fingerprint density at radius 2 is 1.43 bits per heavy atom. The van der Waals surface area contributed by atoms with Gasteiger partial charge in [-0.25, -0.2) is 0 Å². The van der Waals surface area contributed by atoms with E-state index in [1.807, 2.05) is 68.4 Å². The zero-order valence-corrected chi connectivity index (χ0v) is 17.3. The van der Waals surface area contributed by atoms with E-state index < -0.39 is 6.04 Å². The molecule has 3 aromatic carbocycles. The maximum atomic E-state index is 13.1. The number of hydrogen-bond donors (Lipinski definition) is 2. The molecule has 28 heavy (non-hydrogen) atoms. The fourth-order valence-corrected chi connectivity index (χ4v) is 3.47. The van der Waals surface area contributed by atoms with Crippen molar-refractivity contribution in [3.05, 3.63) is 99.5 Å². The Morgan fingerprint density at radius 1 is 0.821 bits per heavy atom. The number of rotatable bonds is 5. The number of hydrogen-bond acceptors (Lipinski definition) is 2. The maximum Gasteiger partial charge on any atom is 0.253 e. The molecule has 0 radical (unpaired) electrons. The van der Waals surface area contributed by atoms with Gasteiger partial charge in [-0.05, 0) is 58.6 Å². The number of anilines is 1. The number of aryl methyl sites for hydroxylation is 2. The number of halogens is 1. The highest BCUT2D eigenvalue weighted by Gasteiger charge is 2.25. The van der Waals surface area contributed by atoms with Gasteiger partial charge in [-0.3, -0.25) is 9.59 Å². The van der Waals surface area contributed by atoms with Crippen LogP contribution < -0.4 is 10.6 Å². The highest BCUT2D eigenvalue weighted by atomic mass is 79.9. The van der Waals surface area contributed by atoms with E-state index in [1.165, 1.54) is 0 Å². The smallest absolute Gasteiger partial charge is 0.253 e. The second kappa shape index (κ2) is 8.85. The van der Waals surface area contributed by atoms with Gasteiger partial charge in [0.25, 0.3) is 11.8 Å². The molecule has 0 aromatic heterocycles. The Morgan fingerprint density at radius 3 is 2.07 bits per heavy atom. The van der Waals surface area contributed by atoms with E-state index in [1.54, 1.807) is 18.2 Å². The number of amides is 2. The molecule has 4 nitrogen and oxygen atoms in total. The minimum atomic E-state index is -0.820. The first-order valence-corrected chi connectivity index (χ1v) is 9.74. The summed E-state index contributed by atoms with van der Waals surface area (Å²) < 4.78 is 0.675. The predicted octanol–water partition coefficient (Wildman–Crippen LogP) is 5.18. The van der Waals surface area contributed by atoms with Gasteiger partial charge in [-0.2, -0.15) is 0 Å². The van der Waals surface area contributed by atoms with E-state index in [2.05, 4.69) is 26.6 Å². The van der Waals surface area contributed by atoms with Crippen LogP contribution in [0.1, 0.15) is 33.1 Å². The Bertz CT molecular complexity index is 982. The van der Waals surface area contributed by atoms with Gasteiger partial charge < -0.3 is 10.6 Å². The predicted molar refractivity (Wildman–Crippen MR) is 115 cm³/mol. The van der Waals surface area contributed by atoms with Crippen molar-refractivity contribution in [3.63, 3.8) is 0 Å². The number of carbonyl (C=O) groups excluding carboxylic acids is 2. The summed E-state index contributed by atoms with van der Waals surface area (Å²) in [4.78, 5) is 26.0. The van der Waals surface area contributed by atoms with Gasteiger partial charge in [0.15, 0.2) is 0 Å². The largest absolute Gasteiger partial charge is 0.336 e. The van der Waals surface area contributed by atoms with E-state index in [0.717, 1.165) is 16.8 Å². The average Bonchev–Trinajstić information content (AvgIpc) is 2.69. The Balaban J connectivity index is 1.90. The first-order chi connectivity index (χ1) is 13.5. The van der Waals surface area contributed by atoms with Crippen molar-refractivity contribution in [2.24, 2.45) is 0 Å². The molecule has 0 spiro atoms. The molecule has 0 saturated carbocycles. The van der Waals surface area contributed by atoms with Crippen molar-refractivity contribution < 1.29 is 9.59 Å². The van der Waals surface area contributed by atoms with Gasteiger partial charge in [-0.15, -0.1) is 0 Å². The van der Waals surface area contributed by atoms with Gasteiger partial charge in [0, 0.05) is 10.2 Å². The molecule has 0 unspecified atom stereocenters. The lowest BCUT2D eigenvalue weighted by Crippen LogP contribution is -2.37. The number of nitrogens with one attached hydrogen (secondary N) is 2. The minimum absolute atomic E-state index is 0.288. The molecule has 0 heterocycles. The second-order valence-electron chi connectivity index (χ2n) is 6.55. The third-order valence-electron chi connectivity index (χ3n) is 4.52. The van der Waals surface area contributed by atoms with E-state index in [9.17, 15) is 9.59 Å². The highest BCUT2D eigenvalue weighted by molar-refractivity contribution is 9.10. The van der Waals surface area contributed by atoms with Gasteiger partial charge in [0.2, 0.25) is 0 Å². The van der Waals surface area contributed by atoms with E-state index in [4.69, 9.17) is 0 Å². The third kappa shape index (κ3) is 4.49. The molecule has 0 aliphatic rings. The van der Waals surface area contributed by atoms with Crippen LogP contribution >= 0.6 is 15.9 Å². The molecular formula is C23H21BrN2O2. The number of para-hydroxylation sites is 1. The Hall–Kier alpha value is -2.92. The van der Waals surface area contributed by atoms with Crippen molar-refractivity contribution in [3.8, 4) is 0 Å². The summed E-state index contributed by atoms with van der Waals surface area (Å²) in [6.07, 6.45) is 0. The Labute approximate surface area is 173 Å². The molecule has 3 rings (SSSR count). The van der Waals surface area contributed by atoms with E-state index in [0.29, 0.717) is 15.6 Å². The molecule has 142 valence electrons. The quantitative estimate of drug-likeness (QED) is 0.578.